The lowest BCUT2D eigenvalue weighted by Gasteiger charge is -2.29. The van der Waals surface area contributed by atoms with Crippen molar-refractivity contribution in [1.29, 1.82) is 0 Å². The van der Waals surface area contributed by atoms with Crippen molar-refractivity contribution < 1.29 is 14.3 Å². The number of aryl methyl sites for hydroxylation is 1. The second kappa shape index (κ2) is 9.23. The molecule has 31 heavy (non-hydrogen) atoms. The molecule has 3 aromatic carbocycles. The molecule has 1 N–H and O–H groups in total. The summed E-state index contributed by atoms with van der Waals surface area (Å²) in [6.45, 7) is 2.99. The summed E-state index contributed by atoms with van der Waals surface area (Å²) < 4.78 is 5.56. The van der Waals surface area contributed by atoms with Gasteiger partial charge in [-0.3, -0.25) is 9.59 Å². The quantitative estimate of drug-likeness (QED) is 0.623. The van der Waals surface area contributed by atoms with E-state index in [4.69, 9.17) is 16.3 Å². The monoisotopic (exact) mass is 434 g/mol. The Morgan fingerprint density at radius 1 is 1.03 bits per heavy atom. The molecule has 0 saturated heterocycles. The van der Waals surface area contributed by atoms with Crippen molar-refractivity contribution in [3.8, 4) is 5.75 Å². The standard InChI is InChI=1S/C25H23ClN2O3/c1-17-13-22(9-10-23(17)26)31-16-24(29)27-21-8-7-18-11-12-28(15-20(18)14-21)25(30)19-5-3-2-4-6-19/h2-10,13-14H,11-12,15-16H2,1H3,(H,27,29). The molecule has 0 aromatic heterocycles. The van der Waals surface area contributed by atoms with Crippen LogP contribution in [0, 0.1) is 6.92 Å². The second-order valence-corrected chi connectivity index (χ2v) is 7.98. The minimum atomic E-state index is -0.249. The van der Waals surface area contributed by atoms with Gasteiger partial charge in [0.15, 0.2) is 6.61 Å². The van der Waals surface area contributed by atoms with Crippen LogP contribution >= 0.6 is 11.6 Å². The molecule has 0 bridgehead atoms. The fourth-order valence-corrected chi connectivity index (χ4v) is 3.74. The molecule has 0 fully saturated rings. The second-order valence-electron chi connectivity index (χ2n) is 7.57. The number of halogens is 1. The van der Waals surface area contributed by atoms with Crippen molar-refractivity contribution in [2.24, 2.45) is 0 Å². The van der Waals surface area contributed by atoms with Gasteiger partial charge in [-0.1, -0.05) is 35.9 Å². The maximum atomic E-state index is 12.8. The molecule has 3 aromatic rings. The van der Waals surface area contributed by atoms with E-state index in [-0.39, 0.29) is 18.4 Å². The van der Waals surface area contributed by atoms with Gasteiger partial charge in [0.1, 0.15) is 5.75 Å². The fourth-order valence-electron chi connectivity index (χ4n) is 3.62. The normalized spacial score (nSPS) is 12.8. The van der Waals surface area contributed by atoms with Crippen LogP contribution < -0.4 is 10.1 Å². The Bertz CT molecular complexity index is 1120. The van der Waals surface area contributed by atoms with E-state index in [1.54, 1.807) is 18.2 Å². The van der Waals surface area contributed by atoms with E-state index in [0.717, 1.165) is 17.5 Å². The van der Waals surface area contributed by atoms with E-state index in [1.807, 2.05) is 60.4 Å². The summed E-state index contributed by atoms with van der Waals surface area (Å²) in [7, 11) is 0. The van der Waals surface area contributed by atoms with Crippen LogP contribution in [0.5, 0.6) is 5.75 Å². The van der Waals surface area contributed by atoms with Crippen molar-refractivity contribution in [3.63, 3.8) is 0 Å². The maximum absolute atomic E-state index is 12.8. The third-order valence-corrected chi connectivity index (χ3v) is 5.73. The summed E-state index contributed by atoms with van der Waals surface area (Å²) in [5.41, 5.74) is 4.51. The molecule has 1 heterocycles. The molecule has 5 nitrogen and oxygen atoms in total. The number of carbonyl (C=O) groups is 2. The van der Waals surface area contributed by atoms with Crippen LogP contribution in [0.25, 0.3) is 0 Å². The highest BCUT2D eigenvalue weighted by Crippen LogP contribution is 2.24. The number of hydrogen-bond acceptors (Lipinski definition) is 3. The van der Waals surface area contributed by atoms with Crippen molar-refractivity contribution in [1.82, 2.24) is 4.90 Å². The number of rotatable bonds is 5. The van der Waals surface area contributed by atoms with Crippen molar-refractivity contribution in [2.45, 2.75) is 19.9 Å². The van der Waals surface area contributed by atoms with Crippen LogP contribution in [0.15, 0.2) is 66.7 Å². The summed E-state index contributed by atoms with van der Waals surface area (Å²) in [5, 5.41) is 3.53. The first-order valence-electron chi connectivity index (χ1n) is 10.1. The highest BCUT2D eigenvalue weighted by molar-refractivity contribution is 6.31. The Balaban J connectivity index is 1.38. The number of anilines is 1. The topological polar surface area (TPSA) is 58.6 Å². The first-order valence-corrected chi connectivity index (χ1v) is 10.5. The first kappa shape index (κ1) is 20.9. The molecule has 0 atom stereocenters. The smallest absolute Gasteiger partial charge is 0.262 e. The molecule has 0 aliphatic carbocycles. The Morgan fingerprint density at radius 2 is 1.84 bits per heavy atom. The van der Waals surface area contributed by atoms with Crippen LogP contribution in [0.3, 0.4) is 0 Å². The number of hydrogen-bond donors (Lipinski definition) is 1. The number of nitrogens with zero attached hydrogens (tertiary/aromatic N) is 1. The van der Waals surface area contributed by atoms with E-state index in [0.29, 0.717) is 35.1 Å². The summed E-state index contributed by atoms with van der Waals surface area (Å²) in [6, 6.07) is 20.4. The van der Waals surface area contributed by atoms with Gasteiger partial charge in [0.2, 0.25) is 0 Å². The van der Waals surface area contributed by atoms with Crippen LogP contribution in [-0.2, 0) is 17.8 Å². The summed E-state index contributed by atoms with van der Waals surface area (Å²) in [4.78, 5) is 26.9. The summed E-state index contributed by atoms with van der Waals surface area (Å²) in [5.74, 6) is 0.366. The van der Waals surface area contributed by atoms with Crippen molar-refractivity contribution >= 4 is 29.1 Å². The largest absolute Gasteiger partial charge is 0.484 e. The average Bonchev–Trinajstić information content (AvgIpc) is 2.79. The van der Waals surface area contributed by atoms with E-state index in [1.165, 1.54) is 5.56 Å². The third-order valence-electron chi connectivity index (χ3n) is 5.31. The van der Waals surface area contributed by atoms with E-state index in [9.17, 15) is 9.59 Å². The molecule has 0 unspecified atom stereocenters. The van der Waals surface area contributed by atoms with Gasteiger partial charge in [-0.15, -0.1) is 0 Å². The minimum absolute atomic E-state index is 0.0207. The Morgan fingerprint density at radius 3 is 2.61 bits per heavy atom. The average molecular weight is 435 g/mol. The van der Waals surface area contributed by atoms with Gasteiger partial charge in [0.25, 0.3) is 11.8 Å². The lowest BCUT2D eigenvalue weighted by atomic mass is 9.98. The van der Waals surface area contributed by atoms with Crippen LogP contribution in [0.2, 0.25) is 5.02 Å². The molecule has 1 aliphatic rings. The van der Waals surface area contributed by atoms with Crippen LogP contribution in [0.1, 0.15) is 27.0 Å². The zero-order chi connectivity index (χ0) is 21.8. The third kappa shape index (κ3) is 5.06. The number of amides is 2. The Kier molecular flexibility index (Phi) is 6.23. The van der Waals surface area contributed by atoms with Gasteiger partial charge in [-0.05, 0) is 72.5 Å². The van der Waals surface area contributed by atoms with Crippen molar-refractivity contribution in [3.05, 3.63) is 94.0 Å². The molecule has 4 rings (SSSR count). The summed E-state index contributed by atoms with van der Waals surface area (Å²) in [6.07, 6.45) is 0.793. The van der Waals surface area contributed by atoms with Crippen LogP contribution in [-0.4, -0.2) is 29.9 Å². The first-order chi connectivity index (χ1) is 15.0. The lowest BCUT2D eigenvalue weighted by Crippen LogP contribution is -2.36. The molecule has 6 heteroatoms. The van der Waals surface area contributed by atoms with Gasteiger partial charge in [-0.25, -0.2) is 0 Å². The zero-order valence-corrected chi connectivity index (χ0v) is 18.0. The van der Waals surface area contributed by atoms with Gasteiger partial charge in [-0.2, -0.15) is 0 Å². The zero-order valence-electron chi connectivity index (χ0n) is 17.2. The number of benzene rings is 3. The fraction of sp³-hybridized carbons (Fsp3) is 0.200. The molecular weight excluding hydrogens is 412 g/mol. The number of ether oxygens (including phenoxy) is 1. The number of nitrogens with one attached hydrogen (secondary N) is 1. The predicted octanol–water partition coefficient (Wildman–Crippen LogP) is 4.86. The summed E-state index contributed by atoms with van der Waals surface area (Å²) >= 11 is 6.01. The minimum Gasteiger partial charge on any atom is -0.484 e. The predicted molar refractivity (Wildman–Crippen MR) is 122 cm³/mol. The molecule has 0 saturated carbocycles. The molecule has 2 amide bonds. The molecule has 0 radical (unpaired) electrons. The molecule has 0 spiro atoms. The number of fused-ring (bicyclic) bond motifs is 1. The Hall–Kier alpha value is -3.31. The van der Waals surface area contributed by atoms with Crippen molar-refractivity contribution in [2.75, 3.05) is 18.5 Å². The van der Waals surface area contributed by atoms with Gasteiger partial charge >= 0.3 is 0 Å². The van der Waals surface area contributed by atoms with Gasteiger partial charge in [0, 0.05) is 29.4 Å². The van der Waals surface area contributed by atoms with Crippen LogP contribution in [0.4, 0.5) is 5.69 Å². The molecule has 158 valence electrons. The van der Waals surface area contributed by atoms with Gasteiger partial charge < -0.3 is 15.0 Å². The van der Waals surface area contributed by atoms with E-state index >= 15 is 0 Å². The molecular formula is C25H23ClN2O3. The number of carbonyl (C=O) groups excluding carboxylic acids is 2. The van der Waals surface area contributed by atoms with Gasteiger partial charge in [0.05, 0.1) is 0 Å². The lowest BCUT2D eigenvalue weighted by molar-refractivity contribution is -0.118. The SMILES string of the molecule is Cc1cc(OCC(=O)Nc2ccc3c(c2)CN(C(=O)c2ccccc2)CC3)ccc1Cl. The Labute approximate surface area is 186 Å². The maximum Gasteiger partial charge on any atom is 0.262 e. The highest BCUT2D eigenvalue weighted by Gasteiger charge is 2.22. The van der Waals surface area contributed by atoms with E-state index < -0.39 is 0 Å². The molecule has 1 aliphatic heterocycles. The highest BCUT2D eigenvalue weighted by atomic mass is 35.5. The van der Waals surface area contributed by atoms with E-state index in [2.05, 4.69) is 5.32 Å².